The molecule has 7 nitrogen and oxygen atoms in total. The fourth-order valence-electron chi connectivity index (χ4n) is 4.79. The molecule has 0 radical (unpaired) electrons. The number of hydrogen-bond acceptors (Lipinski definition) is 4. The van der Waals surface area contributed by atoms with Crippen molar-refractivity contribution in [3.8, 4) is 11.1 Å². The first-order valence-corrected chi connectivity index (χ1v) is 12.5. The predicted octanol–water partition coefficient (Wildman–Crippen LogP) is 5.35. The summed E-state index contributed by atoms with van der Waals surface area (Å²) in [5.41, 5.74) is 8.06. The molecule has 39 heavy (non-hydrogen) atoms. The summed E-state index contributed by atoms with van der Waals surface area (Å²) in [6.07, 6.45) is -1.47. The summed E-state index contributed by atoms with van der Waals surface area (Å²) < 4.78 is 29.7. The van der Waals surface area contributed by atoms with Crippen LogP contribution in [0.4, 0.5) is 8.78 Å². The minimum absolute atomic E-state index is 0.0105. The van der Waals surface area contributed by atoms with E-state index in [1.54, 1.807) is 60.7 Å². The molecule has 1 aromatic heterocycles. The second-order valence-corrected chi connectivity index (χ2v) is 9.87. The molecular formula is C29H23ClF2N4O3. The van der Waals surface area contributed by atoms with Crippen LogP contribution in [0, 0.1) is 6.92 Å². The molecule has 3 aromatic carbocycles. The highest BCUT2D eigenvalue weighted by atomic mass is 35.5. The van der Waals surface area contributed by atoms with Gasteiger partial charge in [-0.25, -0.2) is 5.01 Å². The van der Waals surface area contributed by atoms with E-state index in [4.69, 9.17) is 17.3 Å². The number of rotatable bonds is 6. The van der Waals surface area contributed by atoms with Crippen LogP contribution in [0.15, 0.2) is 82.7 Å². The number of alkyl halides is 2. The van der Waals surface area contributed by atoms with Crippen LogP contribution in [0.1, 0.15) is 35.6 Å². The highest BCUT2D eigenvalue weighted by molar-refractivity contribution is 6.30. The Bertz CT molecular complexity index is 1680. The van der Waals surface area contributed by atoms with E-state index in [1.165, 1.54) is 0 Å². The van der Waals surface area contributed by atoms with Crippen molar-refractivity contribution in [2.75, 3.05) is 0 Å². The number of aromatic amines is 1. The van der Waals surface area contributed by atoms with Gasteiger partial charge in [0.2, 0.25) is 5.91 Å². The third-order valence-corrected chi connectivity index (χ3v) is 6.88. The maximum atomic E-state index is 14.8. The summed E-state index contributed by atoms with van der Waals surface area (Å²) in [6, 6.07) is 20.1. The van der Waals surface area contributed by atoms with E-state index in [9.17, 15) is 23.2 Å². The van der Waals surface area contributed by atoms with E-state index in [1.807, 2.05) is 19.1 Å². The summed E-state index contributed by atoms with van der Waals surface area (Å²) in [5.74, 6) is -7.07. The molecule has 3 N–H and O–H groups in total. The number of primary amides is 1. The predicted molar refractivity (Wildman–Crippen MR) is 146 cm³/mol. The second kappa shape index (κ2) is 10.1. The summed E-state index contributed by atoms with van der Waals surface area (Å²) in [7, 11) is 0. The van der Waals surface area contributed by atoms with E-state index >= 15 is 0 Å². The van der Waals surface area contributed by atoms with Gasteiger partial charge in [-0.2, -0.15) is 13.9 Å². The van der Waals surface area contributed by atoms with Gasteiger partial charge in [0, 0.05) is 27.9 Å². The van der Waals surface area contributed by atoms with Gasteiger partial charge in [-0.3, -0.25) is 14.4 Å². The lowest BCUT2D eigenvalue weighted by Gasteiger charge is -2.25. The molecule has 5 rings (SSSR count). The first-order chi connectivity index (χ1) is 18.5. The lowest BCUT2D eigenvalue weighted by molar-refractivity contribution is -0.162. The summed E-state index contributed by atoms with van der Waals surface area (Å²) in [5, 5.41) is 6.18. The normalized spacial score (nSPS) is 15.4. The van der Waals surface area contributed by atoms with Crippen LogP contribution in [0.25, 0.3) is 22.0 Å². The van der Waals surface area contributed by atoms with Crippen LogP contribution < -0.4 is 11.3 Å². The fourth-order valence-corrected chi connectivity index (χ4v) is 4.92. The number of pyridine rings is 1. The zero-order chi connectivity index (χ0) is 27.9. The highest BCUT2D eigenvalue weighted by Gasteiger charge is 2.48. The number of carbonyl (C=O) groups excluding carboxylic acids is 2. The number of amides is 2. The maximum Gasteiger partial charge on any atom is 0.335 e. The number of fused-ring (bicyclic) bond motifs is 1. The third-order valence-electron chi connectivity index (χ3n) is 6.63. The van der Waals surface area contributed by atoms with Crippen LogP contribution >= 0.6 is 11.6 Å². The number of hydrazone groups is 1. The van der Waals surface area contributed by atoms with Gasteiger partial charge >= 0.3 is 11.8 Å². The molecule has 0 fully saturated rings. The summed E-state index contributed by atoms with van der Waals surface area (Å²) in [4.78, 5) is 40.7. The number of benzene rings is 3. The molecule has 10 heteroatoms. The number of halogens is 3. The Morgan fingerprint density at radius 1 is 1.05 bits per heavy atom. The summed E-state index contributed by atoms with van der Waals surface area (Å²) >= 11 is 6.11. The number of nitrogens with zero attached hydrogens (tertiary/aromatic N) is 2. The van der Waals surface area contributed by atoms with E-state index < -0.39 is 35.8 Å². The van der Waals surface area contributed by atoms with Gasteiger partial charge in [0.15, 0.2) is 0 Å². The van der Waals surface area contributed by atoms with E-state index in [2.05, 4.69) is 10.1 Å². The lowest BCUT2D eigenvalue weighted by atomic mass is 9.91. The van der Waals surface area contributed by atoms with Gasteiger partial charge in [-0.05, 0) is 36.2 Å². The molecule has 0 bridgehead atoms. The van der Waals surface area contributed by atoms with Crippen molar-refractivity contribution in [2.45, 2.75) is 31.7 Å². The van der Waals surface area contributed by atoms with Crippen molar-refractivity contribution in [1.29, 1.82) is 0 Å². The van der Waals surface area contributed by atoms with Crippen LogP contribution in [-0.2, 0) is 9.59 Å². The molecular weight excluding hydrogens is 526 g/mol. The Kier molecular flexibility index (Phi) is 6.78. The molecule has 2 heterocycles. The van der Waals surface area contributed by atoms with Gasteiger partial charge in [-0.15, -0.1) is 0 Å². The second-order valence-electron chi connectivity index (χ2n) is 9.43. The van der Waals surface area contributed by atoms with Crippen molar-refractivity contribution < 1.29 is 18.4 Å². The largest absolute Gasteiger partial charge is 0.369 e. The molecule has 1 unspecified atom stereocenters. The van der Waals surface area contributed by atoms with Crippen molar-refractivity contribution in [3.63, 3.8) is 0 Å². The number of carbonyl (C=O) groups is 2. The van der Waals surface area contributed by atoms with Crippen molar-refractivity contribution in [3.05, 3.63) is 105 Å². The fraction of sp³-hybridized carbons (Fsp3) is 0.172. The minimum Gasteiger partial charge on any atom is -0.369 e. The van der Waals surface area contributed by atoms with E-state index in [-0.39, 0.29) is 17.7 Å². The zero-order valence-electron chi connectivity index (χ0n) is 20.8. The van der Waals surface area contributed by atoms with Crippen molar-refractivity contribution in [2.24, 2.45) is 10.8 Å². The Balaban J connectivity index is 1.72. The number of nitrogens with two attached hydrogens (primary N) is 1. The van der Waals surface area contributed by atoms with Gasteiger partial charge < -0.3 is 10.7 Å². The van der Waals surface area contributed by atoms with Crippen LogP contribution in [-0.4, -0.2) is 33.4 Å². The number of hydrogen-bond donors (Lipinski definition) is 2. The van der Waals surface area contributed by atoms with Gasteiger partial charge in [0.1, 0.15) is 0 Å². The monoisotopic (exact) mass is 548 g/mol. The smallest absolute Gasteiger partial charge is 0.335 e. The van der Waals surface area contributed by atoms with E-state index in [0.717, 1.165) is 5.56 Å². The first-order valence-electron chi connectivity index (χ1n) is 12.1. The van der Waals surface area contributed by atoms with Gasteiger partial charge in [-0.1, -0.05) is 71.8 Å². The molecule has 4 aromatic rings. The molecule has 0 aliphatic carbocycles. The maximum absolute atomic E-state index is 14.8. The summed E-state index contributed by atoms with van der Waals surface area (Å²) in [6.45, 7) is 1.87. The minimum atomic E-state index is -4.08. The topological polar surface area (TPSA) is 109 Å². The first kappa shape index (κ1) is 26.2. The van der Waals surface area contributed by atoms with Gasteiger partial charge in [0.25, 0.3) is 5.56 Å². The highest BCUT2D eigenvalue weighted by Crippen LogP contribution is 2.39. The number of aromatic nitrogens is 1. The number of nitrogens with one attached hydrogen (secondary N) is 1. The van der Waals surface area contributed by atoms with Crippen LogP contribution in [0.5, 0.6) is 0 Å². The SMILES string of the molecule is Cc1ccc(C2CC(c3c(-c4ccc(Cl)cc4)c4ccccc4[nH]c3=O)=NN2C(=O)C(F)(F)CC(N)=O)cc1. The quantitative estimate of drug-likeness (QED) is 0.339. The molecule has 1 aliphatic rings. The Morgan fingerprint density at radius 2 is 1.72 bits per heavy atom. The molecule has 1 atom stereocenters. The average Bonchev–Trinajstić information content (AvgIpc) is 3.32. The van der Waals surface area contributed by atoms with E-state index in [0.29, 0.717) is 37.6 Å². The standard InChI is InChI=1S/C29H23ClF2N4O3/c1-16-6-8-17(9-7-16)23-14-22(35-36(23)28(39)29(31,32)15-24(33)37)26-25(18-10-12-19(30)13-11-18)20-4-2-3-5-21(20)34-27(26)38/h2-13,23H,14-15H2,1H3,(H2,33,37)(H,34,38). The van der Waals surface area contributed by atoms with Crippen molar-refractivity contribution in [1.82, 2.24) is 9.99 Å². The lowest BCUT2D eigenvalue weighted by Crippen LogP contribution is -2.43. The molecule has 0 spiro atoms. The zero-order valence-corrected chi connectivity index (χ0v) is 21.5. The molecule has 0 saturated carbocycles. The molecule has 0 saturated heterocycles. The van der Waals surface area contributed by atoms with Gasteiger partial charge in [0.05, 0.1) is 23.7 Å². The van der Waals surface area contributed by atoms with Crippen LogP contribution in [0.2, 0.25) is 5.02 Å². The molecule has 1 aliphatic heterocycles. The Labute approximate surface area is 226 Å². The third kappa shape index (κ3) is 5.05. The number of aryl methyl sites for hydroxylation is 1. The Hall–Kier alpha value is -4.37. The average molecular weight is 549 g/mol. The number of para-hydroxylation sites is 1. The molecule has 198 valence electrons. The number of H-pyrrole nitrogens is 1. The van der Waals surface area contributed by atoms with Crippen LogP contribution in [0.3, 0.4) is 0 Å². The molecule has 2 amide bonds. The Morgan fingerprint density at radius 3 is 2.38 bits per heavy atom. The van der Waals surface area contributed by atoms with Crippen molar-refractivity contribution >= 4 is 40.0 Å².